The lowest BCUT2D eigenvalue weighted by Gasteiger charge is -2.32. The molecule has 0 saturated carbocycles. The topological polar surface area (TPSA) is 46.2 Å². The summed E-state index contributed by atoms with van der Waals surface area (Å²) in [6.45, 7) is 6.09. The third kappa shape index (κ3) is 4.30. The van der Waals surface area contributed by atoms with Gasteiger partial charge in [-0.05, 0) is 23.6 Å². The van der Waals surface area contributed by atoms with E-state index in [2.05, 4.69) is 0 Å². The summed E-state index contributed by atoms with van der Waals surface area (Å²) in [5, 5.41) is 9.27. The largest absolute Gasteiger partial charge is 0.395 e. The van der Waals surface area contributed by atoms with Crippen molar-refractivity contribution in [3.8, 4) is 0 Å². The summed E-state index contributed by atoms with van der Waals surface area (Å²) in [6.07, 6.45) is 0. The highest BCUT2D eigenvalue weighted by molar-refractivity contribution is 8.00. The molecule has 0 spiro atoms. The fourth-order valence-corrected chi connectivity index (χ4v) is 2.81. The lowest BCUT2D eigenvalue weighted by molar-refractivity contribution is 0.233. The summed E-state index contributed by atoms with van der Waals surface area (Å²) in [6, 6.07) is 6.20. The average Bonchev–Trinajstić information content (AvgIpc) is 2.24. The van der Waals surface area contributed by atoms with Gasteiger partial charge < -0.3 is 10.8 Å². The molecule has 0 radical (unpaired) electrons. The van der Waals surface area contributed by atoms with Gasteiger partial charge in [-0.2, -0.15) is 0 Å². The van der Waals surface area contributed by atoms with Crippen LogP contribution in [-0.4, -0.2) is 23.0 Å². The van der Waals surface area contributed by atoms with Gasteiger partial charge in [0.1, 0.15) is 5.82 Å². The molecule has 2 unspecified atom stereocenters. The minimum Gasteiger partial charge on any atom is -0.395 e. The van der Waals surface area contributed by atoms with Crippen LogP contribution in [0.4, 0.5) is 4.39 Å². The number of benzene rings is 1. The summed E-state index contributed by atoms with van der Waals surface area (Å²) in [4.78, 5) is 0.795. The number of aliphatic hydroxyl groups excluding tert-OH is 1. The summed E-state index contributed by atoms with van der Waals surface area (Å²) >= 11 is 1.42. The predicted octanol–water partition coefficient (Wildman–Crippen LogP) is 2.65. The van der Waals surface area contributed by atoms with E-state index in [0.717, 1.165) is 4.90 Å². The molecule has 0 bridgehead atoms. The summed E-state index contributed by atoms with van der Waals surface area (Å²) in [5.41, 5.74) is 6.03. The first-order valence-corrected chi connectivity index (χ1v) is 6.51. The minimum atomic E-state index is -0.268. The normalized spacial score (nSPS) is 15.6. The standard InChI is InChI=1S/C13H20FNOS/c1-13(2,3)12(15)11(8-16)17-10-6-4-5-9(14)7-10/h4-7,11-12,16H,8,15H2,1-3H3. The second-order valence-corrected chi connectivity index (χ2v) is 6.50. The molecular formula is C13H20FNOS. The molecule has 0 saturated heterocycles. The summed E-state index contributed by atoms with van der Waals surface area (Å²) < 4.78 is 13.0. The first kappa shape index (κ1) is 14.5. The summed E-state index contributed by atoms with van der Waals surface area (Å²) in [7, 11) is 0. The average molecular weight is 257 g/mol. The SMILES string of the molecule is CC(C)(C)C(N)C(CO)Sc1cccc(F)c1. The van der Waals surface area contributed by atoms with Crippen LogP contribution in [0.25, 0.3) is 0 Å². The lowest BCUT2D eigenvalue weighted by Crippen LogP contribution is -2.45. The van der Waals surface area contributed by atoms with Crippen molar-refractivity contribution in [3.63, 3.8) is 0 Å². The van der Waals surface area contributed by atoms with Crippen LogP contribution in [-0.2, 0) is 0 Å². The number of rotatable bonds is 4. The molecule has 1 aromatic carbocycles. The van der Waals surface area contributed by atoms with Gasteiger partial charge in [0.05, 0.1) is 6.61 Å². The Balaban J connectivity index is 2.77. The highest BCUT2D eigenvalue weighted by atomic mass is 32.2. The number of thioether (sulfide) groups is 1. The Bertz CT molecular complexity index is 365. The zero-order chi connectivity index (χ0) is 13.1. The lowest BCUT2D eigenvalue weighted by atomic mass is 9.85. The maximum Gasteiger partial charge on any atom is 0.124 e. The zero-order valence-corrected chi connectivity index (χ0v) is 11.3. The van der Waals surface area contributed by atoms with Crippen molar-refractivity contribution < 1.29 is 9.50 Å². The van der Waals surface area contributed by atoms with Crippen LogP contribution in [0.5, 0.6) is 0 Å². The Morgan fingerprint density at radius 3 is 2.53 bits per heavy atom. The Morgan fingerprint density at radius 1 is 1.41 bits per heavy atom. The molecule has 0 aliphatic rings. The van der Waals surface area contributed by atoms with E-state index in [9.17, 15) is 9.50 Å². The van der Waals surface area contributed by atoms with Gasteiger partial charge in [-0.1, -0.05) is 26.8 Å². The van der Waals surface area contributed by atoms with Crippen LogP contribution in [0.15, 0.2) is 29.2 Å². The molecule has 1 rings (SSSR count). The molecule has 17 heavy (non-hydrogen) atoms. The van der Waals surface area contributed by atoms with E-state index >= 15 is 0 Å². The first-order valence-electron chi connectivity index (χ1n) is 5.63. The maximum absolute atomic E-state index is 13.0. The van der Waals surface area contributed by atoms with Crippen molar-refractivity contribution in [2.75, 3.05) is 6.61 Å². The van der Waals surface area contributed by atoms with Gasteiger partial charge in [-0.3, -0.25) is 0 Å². The van der Waals surface area contributed by atoms with Crippen LogP contribution in [0.3, 0.4) is 0 Å². The van der Waals surface area contributed by atoms with Gasteiger partial charge in [0.15, 0.2) is 0 Å². The monoisotopic (exact) mass is 257 g/mol. The van der Waals surface area contributed by atoms with E-state index in [1.54, 1.807) is 6.07 Å². The van der Waals surface area contributed by atoms with Crippen LogP contribution >= 0.6 is 11.8 Å². The molecular weight excluding hydrogens is 237 g/mol. The van der Waals surface area contributed by atoms with Crippen molar-refractivity contribution >= 4 is 11.8 Å². The van der Waals surface area contributed by atoms with E-state index in [1.807, 2.05) is 26.8 Å². The minimum absolute atomic E-state index is 0.0143. The van der Waals surface area contributed by atoms with Crippen molar-refractivity contribution in [3.05, 3.63) is 30.1 Å². The fraction of sp³-hybridized carbons (Fsp3) is 0.538. The van der Waals surface area contributed by atoms with Gasteiger partial charge in [0.2, 0.25) is 0 Å². The van der Waals surface area contributed by atoms with Gasteiger partial charge in [-0.25, -0.2) is 4.39 Å². The molecule has 96 valence electrons. The molecule has 0 aliphatic carbocycles. The second-order valence-electron chi connectivity index (χ2n) is 5.19. The molecule has 0 amide bonds. The Labute approximate surface area is 106 Å². The van der Waals surface area contributed by atoms with E-state index < -0.39 is 0 Å². The smallest absolute Gasteiger partial charge is 0.124 e. The van der Waals surface area contributed by atoms with Crippen LogP contribution in [0.2, 0.25) is 0 Å². The fourth-order valence-electron chi connectivity index (χ4n) is 1.50. The molecule has 4 heteroatoms. The number of halogens is 1. The van der Waals surface area contributed by atoms with Gasteiger partial charge in [0.25, 0.3) is 0 Å². The quantitative estimate of drug-likeness (QED) is 0.815. The molecule has 2 atom stereocenters. The molecule has 0 fully saturated rings. The molecule has 0 aliphatic heterocycles. The summed E-state index contributed by atoms with van der Waals surface area (Å²) in [5.74, 6) is -0.268. The van der Waals surface area contributed by atoms with Crippen molar-refractivity contribution in [2.45, 2.75) is 37.0 Å². The molecule has 0 aromatic heterocycles. The first-order chi connectivity index (χ1) is 7.84. The molecule has 2 nitrogen and oxygen atoms in total. The van der Waals surface area contributed by atoms with Crippen LogP contribution in [0.1, 0.15) is 20.8 Å². The molecule has 0 heterocycles. The maximum atomic E-state index is 13.0. The van der Waals surface area contributed by atoms with Gasteiger partial charge in [-0.15, -0.1) is 11.8 Å². The van der Waals surface area contributed by atoms with Crippen LogP contribution in [0, 0.1) is 11.2 Å². The van der Waals surface area contributed by atoms with E-state index in [4.69, 9.17) is 5.73 Å². The van der Waals surface area contributed by atoms with Gasteiger partial charge >= 0.3 is 0 Å². The van der Waals surface area contributed by atoms with Crippen molar-refractivity contribution in [1.29, 1.82) is 0 Å². The second kappa shape index (κ2) is 5.85. The highest BCUT2D eigenvalue weighted by Crippen LogP contribution is 2.31. The van der Waals surface area contributed by atoms with E-state index in [-0.39, 0.29) is 29.1 Å². The highest BCUT2D eigenvalue weighted by Gasteiger charge is 2.29. The Morgan fingerprint density at radius 2 is 2.06 bits per heavy atom. The Kier molecular flexibility index (Phi) is 4.98. The number of hydrogen-bond acceptors (Lipinski definition) is 3. The molecule has 1 aromatic rings. The van der Waals surface area contributed by atoms with E-state index in [1.165, 1.54) is 23.9 Å². The zero-order valence-electron chi connectivity index (χ0n) is 10.5. The third-order valence-corrected chi connectivity index (χ3v) is 3.94. The number of hydrogen-bond donors (Lipinski definition) is 2. The van der Waals surface area contributed by atoms with Gasteiger partial charge in [0, 0.05) is 16.2 Å². The number of aliphatic hydroxyl groups is 1. The molecule has 3 N–H and O–H groups in total. The van der Waals surface area contributed by atoms with Crippen molar-refractivity contribution in [2.24, 2.45) is 11.1 Å². The Hall–Kier alpha value is -0.580. The number of nitrogens with two attached hydrogens (primary N) is 1. The predicted molar refractivity (Wildman–Crippen MR) is 70.6 cm³/mol. The van der Waals surface area contributed by atoms with Crippen molar-refractivity contribution in [1.82, 2.24) is 0 Å². The van der Waals surface area contributed by atoms with Crippen LogP contribution < -0.4 is 5.73 Å². The third-order valence-electron chi connectivity index (χ3n) is 2.66. The van der Waals surface area contributed by atoms with E-state index in [0.29, 0.717) is 0 Å².